The van der Waals surface area contributed by atoms with E-state index in [2.05, 4.69) is 40.5 Å². The fourth-order valence-corrected chi connectivity index (χ4v) is 2.85. The lowest BCUT2D eigenvalue weighted by molar-refractivity contribution is 0.120. The van der Waals surface area contributed by atoms with E-state index in [0.717, 1.165) is 45.6 Å². The molecule has 4 heteroatoms. The number of benzene rings is 1. The molecule has 1 aromatic carbocycles. The summed E-state index contributed by atoms with van der Waals surface area (Å²) in [4.78, 5) is 2.52. The quantitative estimate of drug-likeness (QED) is 0.736. The van der Waals surface area contributed by atoms with Crippen molar-refractivity contribution < 1.29 is 4.74 Å². The maximum atomic E-state index is 6.00. The van der Waals surface area contributed by atoms with Crippen LogP contribution in [-0.2, 0) is 11.3 Å². The highest BCUT2D eigenvalue weighted by Crippen LogP contribution is 2.22. The molecule has 1 fully saturated rings. The monoisotopic (exact) mass is 277 g/mol. The molecule has 0 radical (unpaired) electrons. The zero-order chi connectivity index (χ0) is 14.3. The van der Waals surface area contributed by atoms with Gasteiger partial charge in [0.1, 0.15) is 0 Å². The van der Waals surface area contributed by atoms with Gasteiger partial charge in [-0.15, -0.1) is 0 Å². The van der Waals surface area contributed by atoms with Crippen LogP contribution in [0.15, 0.2) is 30.3 Å². The number of nitrogens with one attached hydrogen (secondary N) is 1. The first kappa shape index (κ1) is 15.4. The van der Waals surface area contributed by atoms with Gasteiger partial charge in [-0.05, 0) is 18.4 Å². The van der Waals surface area contributed by atoms with E-state index in [-0.39, 0.29) is 5.54 Å². The highest BCUT2D eigenvalue weighted by atomic mass is 16.5. The highest BCUT2D eigenvalue weighted by molar-refractivity contribution is 5.14. The van der Waals surface area contributed by atoms with Crippen molar-refractivity contribution in [3.05, 3.63) is 35.9 Å². The maximum Gasteiger partial charge on any atom is 0.0587 e. The van der Waals surface area contributed by atoms with Gasteiger partial charge in [0.15, 0.2) is 0 Å². The normalized spacial score (nSPS) is 19.1. The molecule has 112 valence electrons. The van der Waals surface area contributed by atoms with Crippen molar-refractivity contribution in [3.63, 3.8) is 0 Å². The number of methoxy groups -OCH3 is 1. The number of nitrogens with zero attached hydrogens (tertiary/aromatic N) is 1. The number of piperidine rings is 1. The van der Waals surface area contributed by atoms with Crippen LogP contribution in [0.5, 0.6) is 0 Å². The highest BCUT2D eigenvalue weighted by Gasteiger charge is 2.32. The molecule has 0 amide bonds. The van der Waals surface area contributed by atoms with Gasteiger partial charge in [0.05, 0.1) is 6.61 Å². The van der Waals surface area contributed by atoms with Crippen molar-refractivity contribution in [3.8, 4) is 0 Å². The van der Waals surface area contributed by atoms with Gasteiger partial charge < -0.3 is 15.8 Å². The fraction of sp³-hybridized carbons (Fsp3) is 0.625. The van der Waals surface area contributed by atoms with E-state index in [0.29, 0.717) is 6.54 Å². The van der Waals surface area contributed by atoms with Crippen LogP contribution in [0.1, 0.15) is 18.4 Å². The Balaban J connectivity index is 1.81. The molecule has 0 unspecified atom stereocenters. The lowest BCUT2D eigenvalue weighted by atomic mass is 9.87. The molecular weight excluding hydrogens is 250 g/mol. The second kappa shape index (κ2) is 7.74. The van der Waals surface area contributed by atoms with Gasteiger partial charge in [-0.3, -0.25) is 4.90 Å². The van der Waals surface area contributed by atoms with Gasteiger partial charge in [0.25, 0.3) is 0 Å². The van der Waals surface area contributed by atoms with Crippen LogP contribution in [0.25, 0.3) is 0 Å². The summed E-state index contributed by atoms with van der Waals surface area (Å²) in [6.45, 7) is 5.58. The Morgan fingerprint density at radius 1 is 1.25 bits per heavy atom. The number of rotatable bonds is 7. The van der Waals surface area contributed by atoms with Crippen molar-refractivity contribution in [2.45, 2.75) is 24.9 Å². The van der Waals surface area contributed by atoms with E-state index < -0.39 is 0 Å². The molecule has 1 aliphatic heterocycles. The standard InChI is InChI=1S/C16H27N3O/c1-20-12-9-18-16(14-17)7-10-19(11-8-16)13-15-5-3-2-4-6-15/h2-6,18H,7-14,17H2,1H3. The Morgan fingerprint density at radius 3 is 2.55 bits per heavy atom. The molecule has 0 bridgehead atoms. The van der Waals surface area contributed by atoms with Gasteiger partial charge in [0.2, 0.25) is 0 Å². The number of ether oxygens (including phenoxy) is 1. The third kappa shape index (κ3) is 4.28. The van der Waals surface area contributed by atoms with Gasteiger partial charge in [-0.2, -0.15) is 0 Å². The molecule has 0 aliphatic carbocycles. The molecular formula is C16H27N3O. The van der Waals surface area contributed by atoms with E-state index in [1.54, 1.807) is 7.11 Å². The average molecular weight is 277 g/mol. The van der Waals surface area contributed by atoms with Crippen molar-refractivity contribution >= 4 is 0 Å². The van der Waals surface area contributed by atoms with E-state index in [9.17, 15) is 0 Å². The minimum atomic E-state index is 0.103. The summed E-state index contributed by atoms with van der Waals surface area (Å²) in [6, 6.07) is 10.7. The molecule has 1 aliphatic rings. The molecule has 0 saturated carbocycles. The SMILES string of the molecule is COCCNC1(CN)CCN(Cc2ccccc2)CC1. The van der Waals surface area contributed by atoms with Crippen LogP contribution in [0.2, 0.25) is 0 Å². The summed E-state index contributed by atoms with van der Waals surface area (Å²) < 4.78 is 5.11. The minimum Gasteiger partial charge on any atom is -0.383 e. The summed E-state index contributed by atoms with van der Waals surface area (Å²) in [6.07, 6.45) is 2.22. The topological polar surface area (TPSA) is 50.5 Å². The predicted molar refractivity (Wildman–Crippen MR) is 82.6 cm³/mol. The Hall–Kier alpha value is -0.940. The number of nitrogens with two attached hydrogens (primary N) is 1. The average Bonchev–Trinajstić information content (AvgIpc) is 2.51. The summed E-state index contributed by atoms with van der Waals surface area (Å²) in [5.41, 5.74) is 7.49. The predicted octanol–water partition coefficient (Wildman–Crippen LogP) is 1.22. The van der Waals surface area contributed by atoms with Gasteiger partial charge in [-0.25, -0.2) is 0 Å². The van der Waals surface area contributed by atoms with Crippen molar-refractivity contribution in [1.29, 1.82) is 0 Å². The van der Waals surface area contributed by atoms with Gasteiger partial charge in [0, 0.05) is 45.4 Å². The third-order valence-electron chi connectivity index (χ3n) is 4.26. The van der Waals surface area contributed by atoms with Gasteiger partial charge in [-0.1, -0.05) is 30.3 Å². The van der Waals surface area contributed by atoms with Crippen molar-refractivity contribution in [2.24, 2.45) is 5.73 Å². The van der Waals surface area contributed by atoms with Crippen molar-refractivity contribution in [2.75, 3.05) is 39.9 Å². The second-order valence-corrected chi connectivity index (χ2v) is 5.67. The lowest BCUT2D eigenvalue weighted by Gasteiger charge is -2.42. The lowest BCUT2D eigenvalue weighted by Crippen LogP contribution is -2.58. The van der Waals surface area contributed by atoms with Crippen LogP contribution in [0, 0.1) is 0 Å². The minimum absolute atomic E-state index is 0.103. The van der Waals surface area contributed by atoms with Crippen LogP contribution in [0.4, 0.5) is 0 Å². The first-order valence-corrected chi connectivity index (χ1v) is 7.48. The fourth-order valence-electron chi connectivity index (χ4n) is 2.85. The number of hydrogen-bond donors (Lipinski definition) is 2. The van der Waals surface area contributed by atoms with E-state index in [4.69, 9.17) is 10.5 Å². The molecule has 20 heavy (non-hydrogen) atoms. The summed E-state index contributed by atoms with van der Waals surface area (Å²) in [7, 11) is 1.74. The Labute approximate surface area is 122 Å². The van der Waals surface area contributed by atoms with Crippen molar-refractivity contribution in [1.82, 2.24) is 10.2 Å². The first-order chi connectivity index (χ1) is 9.78. The molecule has 0 aromatic heterocycles. The number of likely N-dealkylation sites (tertiary alicyclic amines) is 1. The largest absolute Gasteiger partial charge is 0.383 e. The summed E-state index contributed by atoms with van der Waals surface area (Å²) in [5, 5.41) is 3.59. The van der Waals surface area contributed by atoms with Gasteiger partial charge >= 0.3 is 0 Å². The van der Waals surface area contributed by atoms with Crippen LogP contribution < -0.4 is 11.1 Å². The first-order valence-electron chi connectivity index (χ1n) is 7.48. The van der Waals surface area contributed by atoms with Crippen LogP contribution in [0.3, 0.4) is 0 Å². The smallest absolute Gasteiger partial charge is 0.0587 e. The molecule has 1 saturated heterocycles. The second-order valence-electron chi connectivity index (χ2n) is 5.67. The van der Waals surface area contributed by atoms with Crippen LogP contribution in [-0.4, -0.2) is 50.3 Å². The molecule has 2 rings (SSSR count). The Kier molecular flexibility index (Phi) is 5.98. The number of hydrogen-bond acceptors (Lipinski definition) is 4. The summed E-state index contributed by atoms with van der Waals surface area (Å²) in [5.74, 6) is 0. The Morgan fingerprint density at radius 2 is 1.95 bits per heavy atom. The molecule has 0 atom stereocenters. The molecule has 1 heterocycles. The zero-order valence-corrected chi connectivity index (χ0v) is 12.5. The molecule has 3 N–H and O–H groups in total. The van der Waals surface area contributed by atoms with Crippen LogP contribution >= 0.6 is 0 Å². The molecule has 4 nitrogen and oxygen atoms in total. The maximum absolute atomic E-state index is 6.00. The third-order valence-corrected chi connectivity index (χ3v) is 4.26. The van der Waals surface area contributed by atoms with E-state index >= 15 is 0 Å². The Bertz CT molecular complexity index is 375. The molecule has 1 aromatic rings. The van der Waals surface area contributed by atoms with E-state index in [1.807, 2.05) is 0 Å². The zero-order valence-electron chi connectivity index (χ0n) is 12.5. The van der Waals surface area contributed by atoms with E-state index in [1.165, 1.54) is 5.56 Å². The molecule has 0 spiro atoms. The summed E-state index contributed by atoms with van der Waals surface area (Å²) >= 11 is 0.